The molecule has 0 spiro atoms. The molecule has 3 aromatic rings. The second-order valence-electron chi connectivity index (χ2n) is 6.24. The SMILES string of the molecule is CCn1c(SCC(=O)Nc2ccc(Br)c(Cl)c2)nnc1C(C)Oc1ccccc1Cl. The largest absolute Gasteiger partial charge is 0.481 e. The van der Waals surface area contributed by atoms with Crippen molar-refractivity contribution in [3.8, 4) is 5.75 Å². The Kier molecular flexibility index (Phi) is 8.05. The van der Waals surface area contributed by atoms with E-state index >= 15 is 0 Å². The van der Waals surface area contributed by atoms with Crippen molar-refractivity contribution < 1.29 is 9.53 Å². The highest BCUT2D eigenvalue weighted by atomic mass is 79.9. The number of para-hydroxylation sites is 1. The van der Waals surface area contributed by atoms with Crippen LogP contribution in [-0.4, -0.2) is 26.4 Å². The Hall–Kier alpha value is -1.74. The first-order chi connectivity index (χ1) is 14.4. The van der Waals surface area contributed by atoms with Gasteiger partial charge < -0.3 is 14.6 Å². The fraction of sp³-hybridized carbons (Fsp3) is 0.250. The number of hydrogen-bond donors (Lipinski definition) is 1. The van der Waals surface area contributed by atoms with Gasteiger partial charge in [0.05, 0.1) is 15.8 Å². The zero-order valence-corrected chi connectivity index (χ0v) is 20.1. The highest BCUT2D eigenvalue weighted by molar-refractivity contribution is 9.10. The molecule has 0 radical (unpaired) electrons. The summed E-state index contributed by atoms with van der Waals surface area (Å²) in [6.07, 6.45) is -0.356. The maximum atomic E-state index is 12.3. The maximum absolute atomic E-state index is 12.3. The summed E-state index contributed by atoms with van der Waals surface area (Å²) in [4.78, 5) is 12.3. The number of carbonyl (C=O) groups is 1. The number of thioether (sulfide) groups is 1. The number of benzene rings is 2. The van der Waals surface area contributed by atoms with Crippen molar-refractivity contribution in [1.82, 2.24) is 14.8 Å². The van der Waals surface area contributed by atoms with Gasteiger partial charge in [-0.3, -0.25) is 4.79 Å². The first-order valence-corrected chi connectivity index (χ1v) is 11.6. The second kappa shape index (κ2) is 10.5. The van der Waals surface area contributed by atoms with Crippen molar-refractivity contribution in [2.75, 3.05) is 11.1 Å². The van der Waals surface area contributed by atoms with Crippen LogP contribution in [0.1, 0.15) is 25.8 Å². The number of rotatable bonds is 8. The van der Waals surface area contributed by atoms with E-state index in [1.807, 2.05) is 30.5 Å². The van der Waals surface area contributed by atoms with E-state index in [2.05, 4.69) is 31.4 Å². The molecular weight excluding hydrogens is 511 g/mol. The summed E-state index contributed by atoms with van der Waals surface area (Å²) >= 11 is 16.9. The number of carbonyl (C=O) groups excluding carboxylic acids is 1. The van der Waals surface area contributed by atoms with Crippen LogP contribution in [0.25, 0.3) is 0 Å². The number of ether oxygens (including phenoxy) is 1. The molecule has 0 aliphatic heterocycles. The van der Waals surface area contributed by atoms with E-state index in [1.54, 1.807) is 30.3 Å². The molecule has 30 heavy (non-hydrogen) atoms. The Morgan fingerprint density at radius 1 is 1.23 bits per heavy atom. The van der Waals surface area contributed by atoms with Gasteiger partial charge in [-0.1, -0.05) is 47.1 Å². The number of nitrogens with zero attached hydrogens (tertiary/aromatic N) is 3. The lowest BCUT2D eigenvalue weighted by atomic mass is 10.3. The van der Waals surface area contributed by atoms with Crippen molar-refractivity contribution >= 4 is 62.5 Å². The molecule has 1 N–H and O–H groups in total. The molecule has 2 aromatic carbocycles. The molecule has 1 atom stereocenters. The van der Waals surface area contributed by atoms with Crippen LogP contribution in [-0.2, 0) is 11.3 Å². The Labute approximate surface area is 197 Å². The maximum Gasteiger partial charge on any atom is 0.234 e. The van der Waals surface area contributed by atoms with Gasteiger partial charge in [-0.25, -0.2) is 0 Å². The van der Waals surface area contributed by atoms with Crippen LogP contribution in [0.2, 0.25) is 10.0 Å². The molecule has 1 amide bonds. The van der Waals surface area contributed by atoms with Gasteiger partial charge in [-0.15, -0.1) is 10.2 Å². The predicted molar refractivity (Wildman–Crippen MR) is 125 cm³/mol. The van der Waals surface area contributed by atoms with E-state index in [-0.39, 0.29) is 17.8 Å². The van der Waals surface area contributed by atoms with E-state index in [9.17, 15) is 4.79 Å². The average molecular weight is 530 g/mol. The standard InChI is InChI=1S/C20H19BrCl2N4O2S/c1-3-27-19(12(2)29-17-7-5-4-6-15(17)22)25-26-20(27)30-11-18(28)24-13-8-9-14(21)16(23)10-13/h4-10,12H,3,11H2,1-2H3,(H,24,28). The average Bonchev–Trinajstić information content (AvgIpc) is 3.14. The minimum absolute atomic E-state index is 0.161. The zero-order chi connectivity index (χ0) is 21.7. The molecule has 0 aliphatic carbocycles. The Morgan fingerprint density at radius 3 is 2.70 bits per heavy atom. The fourth-order valence-corrected chi connectivity index (χ4v) is 4.11. The minimum atomic E-state index is -0.356. The molecule has 0 bridgehead atoms. The van der Waals surface area contributed by atoms with Crippen molar-refractivity contribution in [1.29, 1.82) is 0 Å². The quantitative estimate of drug-likeness (QED) is 0.350. The number of halogens is 3. The lowest BCUT2D eigenvalue weighted by Crippen LogP contribution is -2.15. The summed E-state index contributed by atoms with van der Waals surface area (Å²) < 4.78 is 8.65. The molecule has 1 unspecified atom stereocenters. The summed E-state index contributed by atoms with van der Waals surface area (Å²) in [5.41, 5.74) is 0.633. The van der Waals surface area contributed by atoms with Crippen molar-refractivity contribution in [3.05, 3.63) is 62.8 Å². The predicted octanol–water partition coefficient (Wildman–Crippen LogP) is 6.24. The van der Waals surface area contributed by atoms with Crippen molar-refractivity contribution in [2.24, 2.45) is 0 Å². The Bertz CT molecular complexity index is 1050. The van der Waals surface area contributed by atoms with E-state index in [1.165, 1.54) is 11.8 Å². The second-order valence-corrected chi connectivity index (χ2v) is 8.85. The van der Waals surface area contributed by atoms with Crippen LogP contribution in [0.15, 0.2) is 52.1 Å². The lowest BCUT2D eigenvalue weighted by molar-refractivity contribution is -0.113. The van der Waals surface area contributed by atoms with Crippen LogP contribution in [0.5, 0.6) is 5.75 Å². The molecule has 0 saturated carbocycles. The zero-order valence-electron chi connectivity index (χ0n) is 16.2. The van der Waals surface area contributed by atoms with E-state index in [0.717, 1.165) is 4.47 Å². The topological polar surface area (TPSA) is 69.0 Å². The van der Waals surface area contributed by atoms with Gasteiger partial charge in [0.15, 0.2) is 17.1 Å². The number of nitrogens with one attached hydrogen (secondary N) is 1. The molecule has 10 heteroatoms. The van der Waals surface area contributed by atoms with E-state index in [4.69, 9.17) is 27.9 Å². The third kappa shape index (κ3) is 5.69. The summed E-state index contributed by atoms with van der Waals surface area (Å²) in [7, 11) is 0. The summed E-state index contributed by atoms with van der Waals surface area (Å²) in [6, 6.07) is 12.5. The fourth-order valence-electron chi connectivity index (χ4n) is 2.69. The molecule has 158 valence electrons. The van der Waals surface area contributed by atoms with Crippen LogP contribution in [0.4, 0.5) is 5.69 Å². The van der Waals surface area contributed by atoms with Crippen LogP contribution in [0, 0.1) is 0 Å². The van der Waals surface area contributed by atoms with Gasteiger partial charge in [0.2, 0.25) is 5.91 Å². The monoisotopic (exact) mass is 528 g/mol. The highest BCUT2D eigenvalue weighted by Gasteiger charge is 2.20. The van der Waals surface area contributed by atoms with Gasteiger partial charge >= 0.3 is 0 Å². The van der Waals surface area contributed by atoms with Crippen LogP contribution in [0.3, 0.4) is 0 Å². The molecule has 1 heterocycles. The van der Waals surface area contributed by atoms with Gasteiger partial charge in [0.1, 0.15) is 5.75 Å². The number of aromatic nitrogens is 3. The van der Waals surface area contributed by atoms with Crippen LogP contribution >= 0.6 is 50.9 Å². The third-order valence-corrected chi connectivity index (χ3v) is 6.61. The first kappa shape index (κ1) is 22.9. The smallest absolute Gasteiger partial charge is 0.234 e. The normalized spacial score (nSPS) is 11.9. The third-order valence-electron chi connectivity index (χ3n) is 4.10. The molecule has 0 aliphatic rings. The Morgan fingerprint density at radius 2 is 2.00 bits per heavy atom. The van der Waals surface area contributed by atoms with Gasteiger partial charge in [0, 0.05) is 16.7 Å². The molecule has 1 aromatic heterocycles. The lowest BCUT2D eigenvalue weighted by Gasteiger charge is -2.16. The Balaban J connectivity index is 1.64. The van der Waals surface area contributed by atoms with Crippen LogP contribution < -0.4 is 10.1 Å². The van der Waals surface area contributed by atoms with Gasteiger partial charge in [0.25, 0.3) is 0 Å². The van der Waals surface area contributed by atoms with E-state index < -0.39 is 0 Å². The summed E-state index contributed by atoms with van der Waals surface area (Å²) in [6.45, 7) is 4.52. The molecule has 6 nitrogen and oxygen atoms in total. The van der Waals surface area contributed by atoms with E-state index in [0.29, 0.717) is 39.0 Å². The first-order valence-electron chi connectivity index (χ1n) is 9.11. The van der Waals surface area contributed by atoms with Gasteiger partial charge in [-0.05, 0) is 60.1 Å². The molecule has 0 fully saturated rings. The summed E-state index contributed by atoms with van der Waals surface area (Å²) in [5, 5.41) is 13.0. The number of hydrogen-bond acceptors (Lipinski definition) is 5. The number of amides is 1. The number of anilines is 1. The van der Waals surface area contributed by atoms with Gasteiger partial charge in [-0.2, -0.15) is 0 Å². The molecule has 3 rings (SSSR count). The molecule has 0 saturated heterocycles. The molecular formula is C20H19BrCl2N4O2S. The van der Waals surface area contributed by atoms with Crippen molar-refractivity contribution in [2.45, 2.75) is 31.7 Å². The highest BCUT2D eigenvalue weighted by Crippen LogP contribution is 2.30. The summed E-state index contributed by atoms with van der Waals surface area (Å²) in [5.74, 6) is 1.27. The van der Waals surface area contributed by atoms with Crippen molar-refractivity contribution in [3.63, 3.8) is 0 Å². The minimum Gasteiger partial charge on any atom is -0.481 e.